The summed E-state index contributed by atoms with van der Waals surface area (Å²) >= 11 is 3.61. The molecule has 5 nitrogen and oxygen atoms in total. The standard InChI is InChI=1S/C17H28BrN5/c1-19-17(20-11-15-13-21(2)9-10-22(15)3)23(4)12-14-7-5-6-8-16(14)18/h5-8,15H,9-13H2,1-4H3,(H,19,20). The van der Waals surface area contributed by atoms with Gasteiger partial charge in [-0.25, -0.2) is 0 Å². The van der Waals surface area contributed by atoms with Crippen molar-refractivity contribution in [3.05, 3.63) is 34.3 Å². The van der Waals surface area contributed by atoms with Gasteiger partial charge in [0.25, 0.3) is 0 Å². The summed E-state index contributed by atoms with van der Waals surface area (Å²) < 4.78 is 1.14. The molecular formula is C17H28BrN5. The molecule has 1 aliphatic rings. The molecule has 0 spiro atoms. The molecule has 0 amide bonds. The van der Waals surface area contributed by atoms with Crippen molar-refractivity contribution in [3.8, 4) is 0 Å². The summed E-state index contributed by atoms with van der Waals surface area (Å²) in [5.74, 6) is 0.933. The van der Waals surface area contributed by atoms with E-state index in [1.54, 1.807) is 0 Å². The number of guanidine groups is 1. The zero-order chi connectivity index (χ0) is 16.8. The van der Waals surface area contributed by atoms with Crippen molar-refractivity contribution in [2.45, 2.75) is 12.6 Å². The van der Waals surface area contributed by atoms with E-state index >= 15 is 0 Å². The predicted molar refractivity (Wildman–Crippen MR) is 101 cm³/mol. The average molecular weight is 382 g/mol. The molecule has 0 bridgehead atoms. The maximum absolute atomic E-state index is 4.43. The molecule has 2 rings (SSSR count). The molecule has 1 atom stereocenters. The highest BCUT2D eigenvalue weighted by Crippen LogP contribution is 2.17. The smallest absolute Gasteiger partial charge is 0.193 e. The van der Waals surface area contributed by atoms with Gasteiger partial charge >= 0.3 is 0 Å². The highest BCUT2D eigenvalue weighted by Gasteiger charge is 2.22. The van der Waals surface area contributed by atoms with Gasteiger partial charge in [-0.05, 0) is 25.7 Å². The zero-order valence-corrected chi connectivity index (χ0v) is 16.2. The lowest BCUT2D eigenvalue weighted by Crippen LogP contribution is -2.55. The highest BCUT2D eigenvalue weighted by molar-refractivity contribution is 9.10. The normalized spacial score (nSPS) is 20.6. The van der Waals surface area contributed by atoms with Crippen LogP contribution in [0.3, 0.4) is 0 Å². The van der Waals surface area contributed by atoms with E-state index in [-0.39, 0.29) is 0 Å². The van der Waals surface area contributed by atoms with E-state index in [0.29, 0.717) is 6.04 Å². The zero-order valence-electron chi connectivity index (χ0n) is 14.6. The maximum Gasteiger partial charge on any atom is 0.193 e. The van der Waals surface area contributed by atoms with Gasteiger partial charge in [-0.1, -0.05) is 34.1 Å². The van der Waals surface area contributed by atoms with Gasteiger partial charge in [-0.15, -0.1) is 0 Å². The second-order valence-corrected chi connectivity index (χ2v) is 7.13. The first-order chi connectivity index (χ1) is 11.0. The molecule has 1 fully saturated rings. The number of halogens is 1. The Labute approximate surface area is 148 Å². The molecule has 1 saturated heterocycles. The highest BCUT2D eigenvalue weighted by atomic mass is 79.9. The van der Waals surface area contributed by atoms with Crippen molar-refractivity contribution in [2.75, 3.05) is 54.4 Å². The van der Waals surface area contributed by atoms with Crippen LogP contribution in [0, 0.1) is 0 Å². The molecule has 1 aromatic rings. The van der Waals surface area contributed by atoms with Crippen molar-refractivity contribution in [3.63, 3.8) is 0 Å². The predicted octanol–water partition coefficient (Wildman–Crippen LogP) is 1.70. The maximum atomic E-state index is 4.43. The van der Waals surface area contributed by atoms with E-state index in [1.165, 1.54) is 5.56 Å². The topological polar surface area (TPSA) is 34.1 Å². The summed E-state index contributed by atoms with van der Waals surface area (Å²) in [5.41, 5.74) is 1.26. The Balaban J connectivity index is 1.90. The second-order valence-electron chi connectivity index (χ2n) is 6.27. The Hall–Kier alpha value is -1.11. The number of nitrogens with zero attached hydrogens (tertiary/aromatic N) is 4. The number of rotatable bonds is 4. The van der Waals surface area contributed by atoms with Gasteiger partial charge in [0.15, 0.2) is 5.96 Å². The largest absolute Gasteiger partial charge is 0.355 e. The van der Waals surface area contributed by atoms with E-state index in [0.717, 1.165) is 43.2 Å². The molecule has 0 aromatic heterocycles. The molecule has 0 saturated carbocycles. The third-order valence-corrected chi connectivity index (χ3v) is 5.19. The van der Waals surface area contributed by atoms with Crippen LogP contribution in [-0.4, -0.2) is 81.1 Å². The van der Waals surface area contributed by atoms with Crippen LogP contribution >= 0.6 is 15.9 Å². The number of aliphatic imine (C=N–C) groups is 1. The van der Waals surface area contributed by atoms with Crippen LogP contribution < -0.4 is 5.32 Å². The summed E-state index contributed by atoms with van der Waals surface area (Å²) in [5, 5.41) is 3.52. The summed E-state index contributed by atoms with van der Waals surface area (Å²) in [6.07, 6.45) is 0. The summed E-state index contributed by atoms with van der Waals surface area (Å²) in [6.45, 7) is 5.08. The van der Waals surface area contributed by atoms with Crippen LogP contribution in [-0.2, 0) is 6.54 Å². The molecule has 1 N–H and O–H groups in total. The average Bonchev–Trinajstić information content (AvgIpc) is 2.53. The Morgan fingerprint density at radius 3 is 2.78 bits per heavy atom. The monoisotopic (exact) mass is 381 g/mol. The molecule has 128 valence electrons. The third kappa shape index (κ3) is 5.19. The summed E-state index contributed by atoms with van der Waals surface area (Å²) in [6, 6.07) is 8.83. The minimum atomic E-state index is 0.516. The minimum absolute atomic E-state index is 0.516. The lowest BCUT2D eigenvalue weighted by atomic mass is 10.2. The van der Waals surface area contributed by atoms with Gasteiger partial charge in [0.05, 0.1) is 0 Å². The van der Waals surface area contributed by atoms with E-state index in [1.807, 2.05) is 13.1 Å². The van der Waals surface area contributed by atoms with Crippen molar-refractivity contribution in [2.24, 2.45) is 4.99 Å². The third-order valence-electron chi connectivity index (χ3n) is 4.41. The van der Waals surface area contributed by atoms with Crippen LogP contribution in [0.2, 0.25) is 0 Å². The number of piperazine rings is 1. The fraction of sp³-hybridized carbons (Fsp3) is 0.588. The Morgan fingerprint density at radius 2 is 2.09 bits per heavy atom. The summed E-state index contributed by atoms with van der Waals surface area (Å²) in [7, 11) is 8.31. The van der Waals surface area contributed by atoms with E-state index in [4.69, 9.17) is 0 Å². The van der Waals surface area contributed by atoms with Crippen molar-refractivity contribution < 1.29 is 0 Å². The first kappa shape index (κ1) is 18.2. The lowest BCUT2D eigenvalue weighted by Gasteiger charge is -2.38. The Bertz CT molecular complexity index is 533. The molecule has 1 heterocycles. The van der Waals surface area contributed by atoms with Gasteiger partial charge in [0.2, 0.25) is 0 Å². The minimum Gasteiger partial charge on any atom is -0.355 e. The fourth-order valence-electron chi connectivity index (χ4n) is 2.87. The van der Waals surface area contributed by atoms with E-state index < -0.39 is 0 Å². The molecule has 1 aromatic carbocycles. The molecule has 23 heavy (non-hydrogen) atoms. The fourth-order valence-corrected chi connectivity index (χ4v) is 3.28. The van der Waals surface area contributed by atoms with Crippen molar-refractivity contribution in [1.29, 1.82) is 0 Å². The van der Waals surface area contributed by atoms with E-state index in [9.17, 15) is 0 Å². The quantitative estimate of drug-likeness (QED) is 0.635. The molecule has 0 aliphatic carbocycles. The summed E-state index contributed by atoms with van der Waals surface area (Å²) in [4.78, 5) is 11.4. The molecule has 6 heteroatoms. The van der Waals surface area contributed by atoms with Gasteiger partial charge in [-0.3, -0.25) is 9.89 Å². The van der Waals surface area contributed by atoms with Gasteiger partial charge < -0.3 is 15.1 Å². The Kier molecular flexibility index (Phi) is 6.87. The van der Waals surface area contributed by atoms with Gasteiger partial charge in [0, 0.05) is 57.3 Å². The Morgan fingerprint density at radius 1 is 1.35 bits per heavy atom. The van der Waals surface area contributed by atoms with Crippen LogP contribution in [0.4, 0.5) is 0 Å². The molecule has 1 aliphatic heterocycles. The van der Waals surface area contributed by atoms with Crippen molar-refractivity contribution in [1.82, 2.24) is 20.0 Å². The second kappa shape index (κ2) is 8.66. The van der Waals surface area contributed by atoms with Crippen LogP contribution in [0.1, 0.15) is 5.56 Å². The van der Waals surface area contributed by atoms with Gasteiger partial charge in [-0.2, -0.15) is 0 Å². The lowest BCUT2D eigenvalue weighted by molar-refractivity contribution is 0.116. The number of nitrogens with one attached hydrogen (secondary N) is 1. The SMILES string of the molecule is CN=C(NCC1CN(C)CCN1C)N(C)Cc1ccccc1Br. The number of hydrogen-bond acceptors (Lipinski definition) is 3. The van der Waals surface area contributed by atoms with Crippen LogP contribution in [0.5, 0.6) is 0 Å². The number of likely N-dealkylation sites (N-methyl/N-ethyl adjacent to an activating group) is 2. The van der Waals surface area contributed by atoms with Gasteiger partial charge in [0.1, 0.15) is 0 Å². The molecule has 1 unspecified atom stereocenters. The first-order valence-electron chi connectivity index (χ1n) is 8.05. The van der Waals surface area contributed by atoms with Crippen LogP contribution in [0.25, 0.3) is 0 Å². The molecular weight excluding hydrogens is 354 g/mol. The van der Waals surface area contributed by atoms with Crippen molar-refractivity contribution >= 4 is 21.9 Å². The van der Waals surface area contributed by atoms with E-state index in [2.05, 4.69) is 80.3 Å². The number of benzene rings is 1. The first-order valence-corrected chi connectivity index (χ1v) is 8.84. The molecule has 0 radical (unpaired) electrons. The van der Waals surface area contributed by atoms with Crippen LogP contribution in [0.15, 0.2) is 33.7 Å². The number of hydrogen-bond donors (Lipinski definition) is 1.